The molecule has 0 aliphatic heterocycles. The summed E-state index contributed by atoms with van der Waals surface area (Å²) in [5, 5.41) is 3.79. The maximum Gasteiger partial charge on any atom is 0.226 e. The summed E-state index contributed by atoms with van der Waals surface area (Å²) in [5.41, 5.74) is 5.89. The molecule has 4 nitrogen and oxygen atoms in total. The van der Waals surface area contributed by atoms with Gasteiger partial charge in [-0.1, -0.05) is 12.1 Å². The van der Waals surface area contributed by atoms with Crippen LogP contribution in [0.25, 0.3) is 11.4 Å². The minimum atomic E-state index is -0.967. The molecule has 0 spiro atoms. The maximum atomic E-state index is 13.5. The number of nitrogens with two attached hydrogens (primary N) is 1. The van der Waals surface area contributed by atoms with E-state index in [0.717, 1.165) is 12.5 Å². The average molecular weight is 346 g/mol. The van der Waals surface area contributed by atoms with E-state index in [0.29, 0.717) is 30.3 Å². The third-order valence-electron chi connectivity index (χ3n) is 3.00. The molecule has 0 aliphatic rings. The SMILES string of the molecule is CC(CN)CCc1nc(-c2ccc(F)c(F)c2Br)no1. The van der Waals surface area contributed by atoms with E-state index in [-0.39, 0.29) is 10.3 Å². The molecule has 0 amide bonds. The summed E-state index contributed by atoms with van der Waals surface area (Å²) in [6.45, 7) is 2.62. The van der Waals surface area contributed by atoms with Gasteiger partial charge in [0.25, 0.3) is 0 Å². The van der Waals surface area contributed by atoms with Gasteiger partial charge in [0.1, 0.15) is 0 Å². The topological polar surface area (TPSA) is 64.9 Å². The zero-order valence-corrected chi connectivity index (χ0v) is 12.5. The van der Waals surface area contributed by atoms with Gasteiger partial charge in [0, 0.05) is 12.0 Å². The minimum absolute atomic E-state index is 0.0137. The van der Waals surface area contributed by atoms with Crippen molar-refractivity contribution in [3.05, 3.63) is 34.1 Å². The molecule has 2 N–H and O–H groups in total. The van der Waals surface area contributed by atoms with Crippen molar-refractivity contribution in [2.75, 3.05) is 6.54 Å². The Morgan fingerprint density at radius 2 is 2.15 bits per heavy atom. The van der Waals surface area contributed by atoms with Crippen LogP contribution in [-0.2, 0) is 6.42 Å². The number of aryl methyl sites for hydroxylation is 1. The molecule has 0 bridgehead atoms. The van der Waals surface area contributed by atoms with Crippen LogP contribution in [0.15, 0.2) is 21.1 Å². The quantitative estimate of drug-likeness (QED) is 0.844. The van der Waals surface area contributed by atoms with E-state index >= 15 is 0 Å². The van der Waals surface area contributed by atoms with Crippen LogP contribution in [-0.4, -0.2) is 16.7 Å². The molecule has 0 saturated carbocycles. The predicted octanol–water partition coefficient (Wildman–Crippen LogP) is 3.30. The summed E-state index contributed by atoms with van der Waals surface area (Å²) < 4.78 is 31.6. The number of benzene rings is 1. The monoisotopic (exact) mass is 345 g/mol. The molecule has 7 heteroatoms. The molecule has 2 rings (SSSR count). The first kappa shape index (κ1) is 15.1. The van der Waals surface area contributed by atoms with Crippen molar-refractivity contribution in [2.24, 2.45) is 11.7 Å². The molecule has 20 heavy (non-hydrogen) atoms. The summed E-state index contributed by atoms with van der Waals surface area (Å²) in [4.78, 5) is 4.18. The number of nitrogens with zero attached hydrogens (tertiary/aromatic N) is 2. The molecular weight excluding hydrogens is 332 g/mol. The summed E-state index contributed by atoms with van der Waals surface area (Å²) >= 11 is 3.00. The molecule has 1 unspecified atom stereocenters. The van der Waals surface area contributed by atoms with Crippen molar-refractivity contribution in [3.8, 4) is 11.4 Å². The van der Waals surface area contributed by atoms with E-state index in [1.165, 1.54) is 6.07 Å². The fraction of sp³-hybridized carbons (Fsp3) is 0.385. The van der Waals surface area contributed by atoms with E-state index in [4.69, 9.17) is 10.3 Å². The van der Waals surface area contributed by atoms with Crippen LogP contribution in [0.2, 0.25) is 0 Å². The van der Waals surface area contributed by atoms with E-state index in [1.807, 2.05) is 6.92 Å². The normalized spacial score (nSPS) is 12.7. The van der Waals surface area contributed by atoms with Gasteiger partial charge in [-0.05, 0) is 46.9 Å². The molecule has 0 saturated heterocycles. The van der Waals surface area contributed by atoms with Gasteiger partial charge >= 0.3 is 0 Å². The van der Waals surface area contributed by atoms with Crippen molar-refractivity contribution in [2.45, 2.75) is 19.8 Å². The van der Waals surface area contributed by atoms with Crippen LogP contribution < -0.4 is 5.73 Å². The smallest absolute Gasteiger partial charge is 0.226 e. The number of halogens is 3. The van der Waals surface area contributed by atoms with Gasteiger partial charge in [-0.25, -0.2) is 8.78 Å². The number of hydrogen-bond donors (Lipinski definition) is 1. The van der Waals surface area contributed by atoms with Crippen LogP contribution in [0, 0.1) is 17.6 Å². The van der Waals surface area contributed by atoms with Crippen molar-refractivity contribution in [3.63, 3.8) is 0 Å². The van der Waals surface area contributed by atoms with Crippen LogP contribution in [0.1, 0.15) is 19.2 Å². The largest absolute Gasteiger partial charge is 0.339 e. The third-order valence-corrected chi connectivity index (χ3v) is 3.77. The third kappa shape index (κ3) is 3.21. The fourth-order valence-corrected chi connectivity index (χ4v) is 2.15. The molecule has 0 aliphatic carbocycles. The molecule has 1 heterocycles. The summed E-state index contributed by atoms with van der Waals surface area (Å²) in [6, 6.07) is 2.43. The van der Waals surface area contributed by atoms with Gasteiger partial charge in [0.2, 0.25) is 11.7 Å². The standard InChI is InChI=1S/C13H14BrF2N3O/c1-7(6-17)2-5-10-18-13(19-20-10)8-3-4-9(15)12(16)11(8)14/h3-4,7H,2,5-6,17H2,1H3. The Morgan fingerprint density at radius 1 is 1.40 bits per heavy atom. The second kappa shape index (κ2) is 6.41. The zero-order chi connectivity index (χ0) is 14.7. The van der Waals surface area contributed by atoms with Crippen LogP contribution in [0.5, 0.6) is 0 Å². The summed E-state index contributed by atoms with van der Waals surface area (Å²) in [7, 11) is 0. The lowest BCUT2D eigenvalue weighted by Gasteiger charge is -2.04. The number of rotatable bonds is 5. The van der Waals surface area contributed by atoms with Gasteiger partial charge in [-0.2, -0.15) is 4.98 Å². The number of aromatic nitrogens is 2. The van der Waals surface area contributed by atoms with E-state index in [9.17, 15) is 8.78 Å². The van der Waals surface area contributed by atoms with Crippen LogP contribution in [0.4, 0.5) is 8.78 Å². The Bertz CT molecular complexity index is 603. The first-order valence-corrected chi connectivity index (χ1v) is 6.98. The maximum absolute atomic E-state index is 13.5. The first-order valence-electron chi connectivity index (χ1n) is 6.19. The summed E-state index contributed by atoms with van der Waals surface area (Å²) in [6.07, 6.45) is 1.43. The summed E-state index contributed by atoms with van der Waals surface area (Å²) in [5.74, 6) is -0.852. The second-order valence-corrected chi connectivity index (χ2v) is 5.41. The van der Waals surface area contributed by atoms with Gasteiger partial charge in [0.15, 0.2) is 11.6 Å². The highest BCUT2D eigenvalue weighted by Gasteiger charge is 2.17. The molecule has 108 valence electrons. The van der Waals surface area contributed by atoms with Crippen molar-refractivity contribution in [1.29, 1.82) is 0 Å². The van der Waals surface area contributed by atoms with Crippen molar-refractivity contribution in [1.82, 2.24) is 10.1 Å². The van der Waals surface area contributed by atoms with E-state index < -0.39 is 11.6 Å². The van der Waals surface area contributed by atoms with E-state index in [1.54, 1.807) is 0 Å². The average Bonchev–Trinajstić information content (AvgIpc) is 2.91. The molecule has 0 fully saturated rings. The lowest BCUT2D eigenvalue weighted by molar-refractivity contribution is 0.366. The lowest BCUT2D eigenvalue weighted by Crippen LogP contribution is -2.11. The zero-order valence-electron chi connectivity index (χ0n) is 10.9. The van der Waals surface area contributed by atoms with Crippen LogP contribution >= 0.6 is 15.9 Å². The van der Waals surface area contributed by atoms with Gasteiger partial charge in [-0.3, -0.25) is 0 Å². The number of hydrogen-bond acceptors (Lipinski definition) is 4. The van der Waals surface area contributed by atoms with Crippen LogP contribution in [0.3, 0.4) is 0 Å². The molecule has 2 aromatic rings. The minimum Gasteiger partial charge on any atom is -0.339 e. The first-order chi connectivity index (χ1) is 9.52. The fourth-order valence-electron chi connectivity index (χ4n) is 1.65. The van der Waals surface area contributed by atoms with Crippen molar-refractivity contribution >= 4 is 15.9 Å². The molecule has 1 aromatic heterocycles. The van der Waals surface area contributed by atoms with Gasteiger partial charge < -0.3 is 10.3 Å². The van der Waals surface area contributed by atoms with E-state index in [2.05, 4.69) is 26.1 Å². The molecule has 1 atom stereocenters. The highest BCUT2D eigenvalue weighted by Crippen LogP contribution is 2.30. The molecule has 1 aromatic carbocycles. The molecule has 0 radical (unpaired) electrons. The predicted molar refractivity (Wildman–Crippen MR) is 73.9 cm³/mol. The Morgan fingerprint density at radius 3 is 2.85 bits per heavy atom. The van der Waals surface area contributed by atoms with Crippen molar-refractivity contribution < 1.29 is 13.3 Å². The Hall–Kier alpha value is -1.34. The highest BCUT2D eigenvalue weighted by molar-refractivity contribution is 9.10. The Labute approximate surface area is 123 Å². The Kier molecular flexibility index (Phi) is 4.82. The second-order valence-electron chi connectivity index (χ2n) is 4.61. The van der Waals surface area contributed by atoms with Gasteiger partial charge in [0.05, 0.1) is 4.47 Å². The van der Waals surface area contributed by atoms with Gasteiger partial charge in [-0.15, -0.1) is 0 Å². The molecular formula is C13H14BrF2N3O. The Balaban J connectivity index is 2.19. The lowest BCUT2D eigenvalue weighted by atomic mass is 10.1. The highest BCUT2D eigenvalue weighted by atomic mass is 79.9.